The van der Waals surface area contributed by atoms with Gasteiger partial charge in [0.15, 0.2) is 0 Å². The Bertz CT molecular complexity index is 956. The second kappa shape index (κ2) is 12.9. The molecule has 0 spiro atoms. The summed E-state index contributed by atoms with van der Waals surface area (Å²) in [6, 6.07) is 15.6. The van der Waals surface area contributed by atoms with E-state index in [0.717, 1.165) is 57.3 Å². The average molecular weight is 480 g/mol. The first-order valence-corrected chi connectivity index (χ1v) is 13.0. The van der Waals surface area contributed by atoms with Gasteiger partial charge in [0, 0.05) is 31.4 Å². The van der Waals surface area contributed by atoms with Crippen molar-refractivity contribution in [2.24, 2.45) is 11.7 Å². The Hall–Kier alpha value is -2.66. The molecule has 0 aromatic heterocycles. The molecule has 2 N–H and O–H groups in total. The molecule has 1 fully saturated rings. The molecular weight excluding hydrogens is 437 g/mol. The van der Waals surface area contributed by atoms with Crippen LogP contribution >= 0.6 is 0 Å². The predicted molar refractivity (Wildman–Crippen MR) is 144 cm³/mol. The van der Waals surface area contributed by atoms with Gasteiger partial charge >= 0.3 is 0 Å². The summed E-state index contributed by atoms with van der Waals surface area (Å²) in [4.78, 5) is 17.2. The van der Waals surface area contributed by atoms with Gasteiger partial charge in [-0.15, -0.1) is 0 Å². The molecule has 1 atom stereocenters. The molecule has 3 rings (SSSR count). The van der Waals surface area contributed by atoms with E-state index < -0.39 is 6.04 Å². The molecule has 1 saturated heterocycles. The second-order valence-electron chi connectivity index (χ2n) is 10.5. The third-order valence-corrected chi connectivity index (χ3v) is 6.84. The highest BCUT2D eigenvalue weighted by atomic mass is 19.1. The quantitative estimate of drug-likeness (QED) is 0.442. The van der Waals surface area contributed by atoms with Crippen LogP contribution < -0.4 is 10.6 Å². The molecule has 2 aromatic rings. The van der Waals surface area contributed by atoms with Crippen molar-refractivity contribution >= 4 is 11.6 Å². The third-order valence-electron chi connectivity index (χ3n) is 6.84. The first kappa shape index (κ1) is 26.9. The number of nitrogens with two attached hydrogens (primary N) is 1. The largest absolute Gasteiger partial charge is 0.365 e. The van der Waals surface area contributed by atoms with E-state index in [1.165, 1.54) is 29.0 Å². The van der Waals surface area contributed by atoms with Gasteiger partial charge in [0.25, 0.3) is 0 Å². The molecule has 4 nitrogen and oxygen atoms in total. The summed E-state index contributed by atoms with van der Waals surface area (Å²) < 4.78 is 13.1. The standard InChI is InChI=1S/C30H42FN3O/c1-22(2)15-20-34(28-16-18-33(19-17-28)30(35)29(32)21-23(3)4)27-13-9-25(10-14-27)6-5-24-7-11-26(31)12-8-24/h7-15,23,28-29H,5-6,16-21,32H2,1-4H3/t29-/m0/s1. The van der Waals surface area contributed by atoms with Crippen LogP contribution in [0.25, 0.3) is 0 Å². The fourth-order valence-electron chi connectivity index (χ4n) is 4.78. The van der Waals surface area contributed by atoms with Crippen LogP contribution in [-0.2, 0) is 17.6 Å². The van der Waals surface area contributed by atoms with Crippen LogP contribution in [0.3, 0.4) is 0 Å². The lowest BCUT2D eigenvalue weighted by atomic mass is 9.98. The smallest absolute Gasteiger partial charge is 0.239 e. The molecule has 1 aliphatic heterocycles. The van der Waals surface area contributed by atoms with E-state index in [4.69, 9.17) is 5.73 Å². The van der Waals surface area contributed by atoms with Gasteiger partial charge < -0.3 is 15.5 Å². The van der Waals surface area contributed by atoms with Crippen LogP contribution in [0.4, 0.5) is 10.1 Å². The predicted octanol–water partition coefficient (Wildman–Crippen LogP) is 5.75. The van der Waals surface area contributed by atoms with Crippen LogP contribution in [-0.4, -0.2) is 42.5 Å². The number of carbonyl (C=O) groups is 1. The highest BCUT2D eigenvalue weighted by Crippen LogP contribution is 2.25. The number of nitrogens with zero attached hydrogens (tertiary/aromatic N) is 2. The first-order chi connectivity index (χ1) is 16.7. The van der Waals surface area contributed by atoms with Crippen molar-refractivity contribution in [1.82, 2.24) is 4.90 Å². The number of piperidine rings is 1. The number of carbonyl (C=O) groups excluding carboxylic acids is 1. The molecule has 190 valence electrons. The average Bonchev–Trinajstić information content (AvgIpc) is 2.84. The summed E-state index contributed by atoms with van der Waals surface area (Å²) >= 11 is 0. The monoisotopic (exact) mass is 479 g/mol. The van der Waals surface area contributed by atoms with Gasteiger partial charge in [-0.2, -0.15) is 0 Å². The molecule has 2 aromatic carbocycles. The zero-order chi connectivity index (χ0) is 25.4. The van der Waals surface area contributed by atoms with Gasteiger partial charge in [-0.1, -0.05) is 49.8 Å². The number of likely N-dealkylation sites (tertiary alicyclic amines) is 1. The maximum Gasteiger partial charge on any atom is 0.239 e. The van der Waals surface area contributed by atoms with Gasteiger partial charge in [-0.25, -0.2) is 4.39 Å². The fourth-order valence-corrected chi connectivity index (χ4v) is 4.78. The van der Waals surface area contributed by atoms with Crippen molar-refractivity contribution in [2.75, 3.05) is 24.5 Å². The van der Waals surface area contributed by atoms with Crippen molar-refractivity contribution in [1.29, 1.82) is 0 Å². The van der Waals surface area contributed by atoms with Crippen LogP contribution in [0.2, 0.25) is 0 Å². The number of hydrogen-bond acceptors (Lipinski definition) is 3. The van der Waals surface area contributed by atoms with E-state index >= 15 is 0 Å². The van der Waals surface area contributed by atoms with Gasteiger partial charge in [-0.05, 0) is 87.3 Å². The second-order valence-corrected chi connectivity index (χ2v) is 10.5. The van der Waals surface area contributed by atoms with E-state index in [9.17, 15) is 9.18 Å². The highest BCUT2D eigenvalue weighted by Gasteiger charge is 2.29. The number of anilines is 1. The Morgan fingerprint density at radius 2 is 1.57 bits per heavy atom. The summed E-state index contributed by atoms with van der Waals surface area (Å²) in [5.41, 5.74) is 11.1. The molecule has 1 aliphatic rings. The molecule has 0 aliphatic carbocycles. The minimum absolute atomic E-state index is 0.0958. The maximum absolute atomic E-state index is 13.1. The maximum atomic E-state index is 13.1. The Kier molecular flexibility index (Phi) is 9.91. The Labute approximate surface area is 211 Å². The van der Waals surface area contributed by atoms with Crippen LogP contribution in [0.15, 0.2) is 60.2 Å². The molecule has 0 bridgehead atoms. The number of amides is 1. The Morgan fingerprint density at radius 1 is 1.03 bits per heavy atom. The fraction of sp³-hybridized carbons (Fsp3) is 0.500. The van der Waals surface area contributed by atoms with Crippen molar-refractivity contribution in [2.45, 2.75) is 71.9 Å². The number of benzene rings is 2. The molecule has 0 unspecified atom stereocenters. The SMILES string of the molecule is CC(C)=CCN(c1ccc(CCc2ccc(F)cc2)cc1)C1CCN(C(=O)[C@@H](N)CC(C)C)CC1. The van der Waals surface area contributed by atoms with Crippen LogP contribution in [0, 0.1) is 11.7 Å². The molecule has 1 heterocycles. The molecule has 0 radical (unpaired) electrons. The Balaban J connectivity index is 1.63. The third kappa shape index (κ3) is 8.21. The van der Waals surface area contributed by atoms with Gasteiger partial charge in [0.2, 0.25) is 5.91 Å². The van der Waals surface area contributed by atoms with Crippen molar-refractivity contribution in [3.8, 4) is 0 Å². The minimum Gasteiger partial charge on any atom is -0.365 e. The summed E-state index contributed by atoms with van der Waals surface area (Å²) in [5, 5.41) is 0. The zero-order valence-corrected chi connectivity index (χ0v) is 21.8. The molecule has 1 amide bonds. The zero-order valence-electron chi connectivity index (χ0n) is 21.8. The summed E-state index contributed by atoms with van der Waals surface area (Å²) in [6.45, 7) is 10.9. The lowest BCUT2D eigenvalue weighted by molar-refractivity contribution is -0.134. The van der Waals surface area contributed by atoms with Crippen LogP contribution in [0.1, 0.15) is 58.1 Å². The topological polar surface area (TPSA) is 49.6 Å². The van der Waals surface area contributed by atoms with Gasteiger partial charge in [-0.3, -0.25) is 4.79 Å². The molecule has 35 heavy (non-hydrogen) atoms. The summed E-state index contributed by atoms with van der Waals surface area (Å²) in [5.74, 6) is 0.325. The van der Waals surface area contributed by atoms with Crippen molar-refractivity contribution < 1.29 is 9.18 Å². The van der Waals surface area contributed by atoms with E-state index in [-0.39, 0.29) is 11.7 Å². The summed E-state index contributed by atoms with van der Waals surface area (Å²) in [7, 11) is 0. The van der Waals surface area contributed by atoms with E-state index in [1.807, 2.05) is 17.0 Å². The van der Waals surface area contributed by atoms with Gasteiger partial charge in [0.05, 0.1) is 6.04 Å². The van der Waals surface area contributed by atoms with E-state index in [2.05, 4.69) is 62.9 Å². The summed E-state index contributed by atoms with van der Waals surface area (Å²) in [6.07, 6.45) is 6.73. The van der Waals surface area contributed by atoms with Gasteiger partial charge in [0.1, 0.15) is 5.82 Å². The number of hydrogen-bond donors (Lipinski definition) is 1. The number of halogens is 1. The lowest BCUT2D eigenvalue weighted by Gasteiger charge is -2.40. The molecular formula is C30H42FN3O. The van der Waals surface area contributed by atoms with E-state index in [1.54, 1.807) is 0 Å². The van der Waals surface area contributed by atoms with Crippen molar-refractivity contribution in [3.63, 3.8) is 0 Å². The molecule has 5 heteroatoms. The number of aryl methyl sites for hydroxylation is 2. The minimum atomic E-state index is -0.393. The number of rotatable bonds is 10. The molecule has 0 saturated carbocycles. The lowest BCUT2D eigenvalue weighted by Crippen LogP contribution is -2.51. The van der Waals surface area contributed by atoms with Crippen molar-refractivity contribution in [3.05, 3.63) is 77.1 Å². The normalized spacial score (nSPS) is 15.2. The van der Waals surface area contributed by atoms with Crippen LogP contribution in [0.5, 0.6) is 0 Å². The number of allylic oxidation sites excluding steroid dienone is 1. The first-order valence-electron chi connectivity index (χ1n) is 13.0. The Morgan fingerprint density at radius 3 is 2.09 bits per heavy atom. The highest BCUT2D eigenvalue weighted by molar-refractivity contribution is 5.81. The van der Waals surface area contributed by atoms with E-state index in [0.29, 0.717) is 12.0 Å².